The molecule has 0 unspecified atom stereocenters. The van der Waals surface area contributed by atoms with Crippen LogP contribution in [0.3, 0.4) is 0 Å². The molecule has 0 aliphatic carbocycles. The van der Waals surface area contributed by atoms with Crippen molar-refractivity contribution in [2.75, 3.05) is 13.7 Å². The summed E-state index contributed by atoms with van der Waals surface area (Å²) >= 11 is 0. The van der Waals surface area contributed by atoms with Gasteiger partial charge in [0.2, 0.25) is 6.54 Å². The van der Waals surface area contributed by atoms with Crippen molar-refractivity contribution < 1.29 is 9.53 Å². The van der Waals surface area contributed by atoms with Crippen LogP contribution in [0.2, 0.25) is 0 Å². The molecule has 122 valence electrons. The van der Waals surface area contributed by atoms with Crippen LogP contribution in [-0.4, -0.2) is 33.3 Å². The maximum atomic E-state index is 12.2. The Labute approximate surface area is 130 Å². The monoisotopic (exact) mass is 321 g/mol. The van der Waals surface area contributed by atoms with E-state index in [2.05, 4.69) is 9.58 Å². The first-order chi connectivity index (χ1) is 11.0. The molecule has 0 aliphatic rings. The van der Waals surface area contributed by atoms with Crippen LogP contribution in [-0.2, 0) is 29.2 Å². The van der Waals surface area contributed by atoms with Crippen molar-refractivity contribution in [3.8, 4) is 6.07 Å². The lowest BCUT2D eigenvalue weighted by Gasteiger charge is -2.11. The summed E-state index contributed by atoms with van der Waals surface area (Å²) < 4.78 is 6.70. The van der Waals surface area contributed by atoms with Crippen molar-refractivity contribution in [3.05, 3.63) is 42.9 Å². The van der Waals surface area contributed by atoms with Crippen molar-refractivity contribution in [3.63, 3.8) is 0 Å². The zero-order valence-electron chi connectivity index (χ0n) is 12.5. The van der Waals surface area contributed by atoms with Gasteiger partial charge in [0.1, 0.15) is 6.54 Å². The van der Waals surface area contributed by atoms with Crippen LogP contribution in [0.4, 0.5) is 0 Å². The van der Waals surface area contributed by atoms with Crippen molar-refractivity contribution in [2.24, 2.45) is 0 Å². The predicted octanol–water partition coefficient (Wildman–Crippen LogP) is -1.43. The van der Waals surface area contributed by atoms with Crippen molar-refractivity contribution in [1.82, 2.24) is 13.7 Å². The minimum atomic E-state index is -0.891. The van der Waals surface area contributed by atoms with Crippen LogP contribution in [0.15, 0.2) is 14.4 Å². The van der Waals surface area contributed by atoms with Crippen molar-refractivity contribution in [1.29, 1.82) is 5.26 Å². The van der Waals surface area contributed by atoms with Crippen LogP contribution in [0.5, 0.6) is 0 Å². The Morgan fingerprint density at radius 1 is 1.13 bits per heavy atom. The first-order valence-electron chi connectivity index (χ1n) is 6.69. The molecule has 0 N–H and O–H groups in total. The van der Waals surface area contributed by atoms with Gasteiger partial charge in [-0.1, -0.05) is 0 Å². The van der Waals surface area contributed by atoms with E-state index < -0.39 is 23.0 Å². The molecule has 1 aromatic rings. The first kappa shape index (κ1) is 17.9. The largest absolute Gasteiger partial charge is 0.469 e. The van der Waals surface area contributed by atoms with E-state index in [-0.39, 0.29) is 39.0 Å². The molecule has 0 spiro atoms. The summed E-state index contributed by atoms with van der Waals surface area (Å²) in [5, 5.41) is 8.61. The first-order valence-corrected chi connectivity index (χ1v) is 6.69. The van der Waals surface area contributed by atoms with Gasteiger partial charge in [-0.3, -0.25) is 4.79 Å². The second-order valence-electron chi connectivity index (χ2n) is 4.42. The van der Waals surface area contributed by atoms with Crippen LogP contribution in [0, 0.1) is 17.9 Å². The van der Waals surface area contributed by atoms with E-state index >= 15 is 0 Å². The highest BCUT2D eigenvalue weighted by atomic mass is 16.5. The molecule has 1 rings (SSSR count). The third-order valence-electron chi connectivity index (χ3n) is 3.04. The number of nitriles is 1. The van der Waals surface area contributed by atoms with E-state index in [0.717, 1.165) is 13.7 Å². The van der Waals surface area contributed by atoms with E-state index in [0.29, 0.717) is 0 Å². The van der Waals surface area contributed by atoms with Gasteiger partial charge < -0.3 is 9.58 Å². The summed E-state index contributed by atoms with van der Waals surface area (Å²) in [6, 6.07) is 1.81. The molecule has 10 heteroatoms. The second-order valence-corrected chi connectivity index (χ2v) is 4.42. The van der Waals surface area contributed by atoms with E-state index in [4.69, 9.17) is 11.8 Å². The molecule has 0 aromatic carbocycles. The molecule has 0 saturated heterocycles. The lowest BCUT2D eigenvalue weighted by atomic mass is 10.4. The van der Waals surface area contributed by atoms with Crippen molar-refractivity contribution in [2.45, 2.75) is 32.5 Å². The lowest BCUT2D eigenvalue weighted by molar-refractivity contribution is -0.140. The zero-order chi connectivity index (χ0) is 17.4. The second kappa shape index (κ2) is 8.34. The lowest BCUT2D eigenvalue weighted by Crippen LogP contribution is -2.54. The molecule has 1 heterocycles. The minimum absolute atomic E-state index is 0.0901. The summed E-state index contributed by atoms with van der Waals surface area (Å²) in [6.45, 7) is 6.03. The van der Waals surface area contributed by atoms with E-state index in [9.17, 15) is 19.2 Å². The smallest absolute Gasteiger partial charge is 0.336 e. The average molecular weight is 321 g/mol. The Bertz CT molecular complexity index is 777. The average Bonchev–Trinajstić information content (AvgIpc) is 2.54. The fourth-order valence-corrected chi connectivity index (χ4v) is 1.87. The van der Waals surface area contributed by atoms with Gasteiger partial charge >= 0.3 is 23.0 Å². The van der Waals surface area contributed by atoms with Gasteiger partial charge in [-0.2, -0.15) is 5.26 Å². The Hall–Kier alpha value is -3.14. The maximum Gasteiger partial charge on any atom is 0.336 e. The highest BCUT2D eigenvalue weighted by molar-refractivity contribution is 5.68. The van der Waals surface area contributed by atoms with Gasteiger partial charge in [0.15, 0.2) is 0 Å². The number of carbonyl (C=O) groups excluding carboxylic acids is 1. The topological polar surface area (TPSA) is 120 Å². The number of nitrogens with zero attached hydrogens (tertiary/aromatic N) is 5. The summed E-state index contributed by atoms with van der Waals surface area (Å²) in [5.74, 6) is -0.612. The molecule has 0 fully saturated rings. The number of esters is 1. The molecule has 10 nitrogen and oxygen atoms in total. The molecular formula is C13H15N5O5. The van der Waals surface area contributed by atoms with E-state index in [1.165, 1.54) is 7.11 Å². The predicted molar refractivity (Wildman–Crippen MR) is 77.6 cm³/mol. The third-order valence-corrected chi connectivity index (χ3v) is 3.04. The molecule has 1 aromatic heterocycles. The Balaban J connectivity index is 3.43. The maximum absolute atomic E-state index is 12.2. The summed E-state index contributed by atoms with van der Waals surface area (Å²) in [4.78, 5) is 50.9. The number of ether oxygens (including phenoxy) is 1. The molecule has 0 amide bonds. The van der Waals surface area contributed by atoms with Gasteiger partial charge in [0.05, 0.1) is 26.0 Å². The van der Waals surface area contributed by atoms with Gasteiger partial charge in [-0.15, -0.1) is 0 Å². The number of carbonyl (C=O) groups is 1. The summed E-state index contributed by atoms with van der Waals surface area (Å²) in [5.41, 5.74) is -2.65. The molecule has 0 aliphatic heterocycles. The van der Waals surface area contributed by atoms with Crippen LogP contribution < -0.4 is 17.1 Å². The molecule has 0 atom stereocenters. The van der Waals surface area contributed by atoms with Gasteiger partial charge in [0.25, 0.3) is 0 Å². The zero-order valence-corrected chi connectivity index (χ0v) is 12.5. The summed E-state index contributed by atoms with van der Waals surface area (Å²) in [6.07, 6.45) is -0.307. The Kier molecular flexibility index (Phi) is 6.49. The molecule has 23 heavy (non-hydrogen) atoms. The van der Waals surface area contributed by atoms with Crippen molar-refractivity contribution >= 4 is 5.97 Å². The normalized spacial score (nSPS) is 9.87. The highest BCUT2D eigenvalue weighted by Crippen LogP contribution is 1.88. The highest BCUT2D eigenvalue weighted by Gasteiger charge is 2.16. The van der Waals surface area contributed by atoms with Gasteiger partial charge in [0, 0.05) is 13.1 Å². The molecule has 0 saturated carbocycles. The molecular weight excluding hydrogens is 306 g/mol. The third kappa shape index (κ3) is 4.17. The fraction of sp³-hybridized carbons (Fsp3) is 0.538. The number of methoxy groups -OCH3 is 1. The number of hydrogen-bond donors (Lipinski definition) is 0. The Morgan fingerprint density at radius 2 is 1.65 bits per heavy atom. The standard InChI is InChI=1S/C13H15N5O5/c1-15-6-9-18-12(21)16(7-3-5-14)11(20)17(13(18)22)8-4-10(19)23-2/h3-4,6-9H2,2H3. The molecule has 0 bridgehead atoms. The van der Waals surface area contributed by atoms with Gasteiger partial charge in [-0.25, -0.2) is 34.7 Å². The fourth-order valence-electron chi connectivity index (χ4n) is 1.87. The van der Waals surface area contributed by atoms with Crippen LogP contribution in [0.25, 0.3) is 4.85 Å². The van der Waals surface area contributed by atoms with Gasteiger partial charge in [-0.05, 0) is 0 Å². The Morgan fingerprint density at radius 3 is 2.13 bits per heavy atom. The molecule has 0 radical (unpaired) electrons. The van der Waals surface area contributed by atoms with E-state index in [1.807, 2.05) is 6.07 Å². The minimum Gasteiger partial charge on any atom is -0.469 e. The SMILES string of the molecule is [C-]#[N+]CCn1c(=O)n(CCC#N)c(=O)n(CCC(=O)OC)c1=O. The number of aromatic nitrogens is 3. The quantitative estimate of drug-likeness (QED) is 0.448. The van der Waals surface area contributed by atoms with Crippen LogP contribution >= 0.6 is 0 Å². The summed E-state index contributed by atoms with van der Waals surface area (Å²) in [7, 11) is 1.17. The van der Waals surface area contributed by atoms with Crippen LogP contribution in [0.1, 0.15) is 12.8 Å². The number of hydrogen-bond acceptors (Lipinski definition) is 6. The van der Waals surface area contributed by atoms with E-state index in [1.54, 1.807) is 0 Å². The number of rotatable bonds is 7.